The zero-order valence-electron chi connectivity index (χ0n) is 12.7. The van der Waals surface area contributed by atoms with Crippen molar-refractivity contribution in [1.29, 1.82) is 0 Å². The third-order valence-corrected chi connectivity index (χ3v) is 4.75. The van der Waals surface area contributed by atoms with E-state index in [1.54, 1.807) is 0 Å². The quantitative estimate of drug-likeness (QED) is 0.844. The van der Waals surface area contributed by atoms with E-state index >= 15 is 0 Å². The predicted molar refractivity (Wildman–Crippen MR) is 84.9 cm³/mol. The zero-order valence-corrected chi connectivity index (χ0v) is 12.7. The summed E-state index contributed by atoms with van der Waals surface area (Å²) >= 11 is 0. The maximum absolute atomic E-state index is 12.3. The molecule has 2 atom stereocenters. The molecular weight excluding hydrogens is 260 g/mol. The van der Waals surface area contributed by atoms with Gasteiger partial charge in [-0.1, -0.05) is 30.3 Å². The molecule has 0 bridgehead atoms. The third-order valence-electron chi connectivity index (χ3n) is 4.75. The van der Waals surface area contributed by atoms with E-state index < -0.39 is 0 Å². The number of amides is 1. The van der Waals surface area contributed by atoms with Crippen molar-refractivity contribution in [3.63, 3.8) is 0 Å². The molecule has 21 heavy (non-hydrogen) atoms. The molecule has 0 aromatic heterocycles. The van der Waals surface area contributed by atoms with Crippen molar-refractivity contribution in [1.82, 2.24) is 10.6 Å². The summed E-state index contributed by atoms with van der Waals surface area (Å²) in [7, 11) is 0. The zero-order chi connectivity index (χ0) is 14.5. The minimum absolute atomic E-state index is 0.223. The van der Waals surface area contributed by atoms with E-state index in [1.807, 2.05) is 6.07 Å². The van der Waals surface area contributed by atoms with Crippen LogP contribution in [0.25, 0.3) is 0 Å². The van der Waals surface area contributed by atoms with Gasteiger partial charge in [-0.05, 0) is 62.6 Å². The standard InChI is InChI=1S/C18H26N2O/c21-17(11-8-14-5-4-12-19-13-14)20-18(16-9-10-16)15-6-2-1-3-7-15/h1-3,6-7,14,16,18-19H,4-5,8-13H2,(H,20,21). The van der Waals surface area contributed by atoms with Crippen molar-refractivity contribution in [3.05, 3.63) is 35.9 Å². The van der Waals surface area contributed by atoms with Gasteiger partial charge in [0.1, 0.15) is 0 Å². The highest BCUT2D eigenvalue weighted by molar-refractivity contribution is 5.76. The highest BCUT2D eigenvalue weighted by Gasteiger charge is 2.33. The highest BCUT2D eigenvalue weighted by atomic mass is 16.1. The summed E-state index contributed by atoms with van der Waals surface area (Å²) in [5.41, 5.74) is 1.26. The van der Waals surface area contributed by atoms with Gasteiger partial charge in [0, 0.05) is 6.42 Å². The molecule has 0 radical (unpaired) electrons. The number of piperidine rings is 1. The summed E-state index contributed by atoms with van der Waals surface area (Å²) < 4.78 is 0. The summed E-state index contributed by atoms with van der Waals surface area (Å²) in [4.78, 5) is 12.3. The van der Waals surface area contributed by atoms with Crippen LogP contribution in [0.15, 0.2) is 30.3 Å². The summed E-state index contributed by atoms with van der Waals surface area (Å²) in [6, 6.07) is 10.6. The number of hydrogen-bond acceptors (Lipinski definition) is 2. The summed E-state index contributed by atoms with van der Waals surface area (Å²) in [6.07, 6.45) is 6.69. The molecule has 1 saturated heterocycles. The molecule has 3 nitrogen and oxygen atoms in total. The van der Waals surface area contributed by atoms with E-state index in [0.717, 1.165) is 19.5 Å². The second-order valence-electron chi connectivity index (χ2n) is 6.54. The lowest BCUT2D eigenvalue weighted by Gasteiger charge is -2.23. The van der Waals surface area contributed by atoms with E-state index in [0.29, 0.717) is 18.3 Å². The van der Waals surface area contributed by atoms with Crippen LogP contribution in [-0.2, 0) is 4.79 Å². The average molecular weight is 286 g/mol. The molecule has 1 aliphatic carbocycles. The van der Waals surface area contributed by atoms with Gasteiger partial charge >= 0.3 is 0 Å². The number of hydrogen-bond donors (Lipinski definition) is 2. The predicted octanol–water partition coefficient (Wildman–Crippen LogP) is 3.03. The van der Waals surface area contributed by atoms with Crippen LogP contribution in [-0.4, -0.2) is 19.0 Å². The lowest BCUT2D eigenvalue weighted by Crippen LogP contribution is -2.33. The van der Waals surface area contributed by atoms with Gasteiger partial charge in [0.25, 0.3) is 0 Å². The molecule has 2 unspecified atom stereocenters. The molecule has 1 aliphatic heterocycles. The number of carbonyl (C=O) groups excluding carboxylic acids is 1. The van der Waals surface area contributed by atoms with Gasteiger partial charge in [-0.3, -0.25) is 4.79 Å². The topological polar surface area (TPSA) is 41.1 Å². The van der Waals surface area contributed by atoms with Crippen LogP contribution in [0.3, 0.4) is 0 Å². The monoisotopic (exact) mass is 286 g/mol. The molecule has 1 aromatic rings. The third kappa shape index (κ3) is 4.31. The van der Waals surface area contributed by atoms with Gasteiger partial charge in [0.05, 0.1) is 6.04 Å². The lowest BCUT2D eigenvalue weighted by molar-refractivity contribution is -0.122. The Labute approximate surface area is 127 Å². The van der Waals surface area contributed by atoms with Gasteiger partial charge in [-0.15, -0.1) is 0 Å². The Kier molecular flexibility index (Phi) is 4.91. The second kappa shape index (κ2) is 7.08. The van der Waals surface area contributed by atoms with Crippen LogP contribution >= 0.6 is 0 Å². The molecule has 114 valence electrons. The molecule has 3 heteroatoms. The largest absolute Gasteiger partial charge is 0.349 e. The van der Waals surface area contributed by atoms with Crippen LogP contribution < -0.4 is 10.6 Å². The SMILES string of the molecule is O=C(CCC1CCCNC1)NC(c1ccccc1)C1CC1. The van der Waals surface area contributed by atoms with Crippen LogP contribution in [0.5, 0.6) is 0 Å². The Balaban J connectivity index is 1.50. The van der Waals surface area contributed by atoms with Gasteiger partial charge in [-0.2, -0.15) is 0 Å². The highest BCUT2D eigenvalue weighted by Crippen LogP contribution is 2.41. The van der Waals surface area contributed by atoms with Gasteiger partial charge in [0.15, 0.2) is 0 Å². The fourth-order valence-corrected chi connectivity index (χ4v) is 3.31. The van der Waals surface area contributed by atoms with E-state index in [4.69, 9.17) is 0 Å². The number of benzene rings is 1. The first-order valence-corrected chi connectivity index (χ1v) is 8.38. The number of carbonyl (C=O) groups is 1. The molecule has 1 heterocycles. The van der Waals surface area contributed by atoms with Gasteiger partial charge in [-0.25, -0.2) is 0 Å². The van der Waals surface area contributed by atoms with Crippen LogP contribution in [0.1, 0.15) is 50.1 Å². The average Bonchev–Trinajstić information content (AvgIpc) is 3.37. The molecule has 2 fully saturated rings. The Morgan fingerprint density at radius 2 is 2.05 bits per heavy atom. The van der Waals surface area contributed by atoms with Crippen molar-refractivity contribution in [2.75, 3.05) is 13.1 Å². The Hall–Kier alpha value is -1.35. The first-order chi connectivity index (χ1) is 10.3. The van der Waals surface area contributed by atoms with Crippen molar-refractivity contribution in [3.8, 4) is 0 Å². The smallest absolute Gasteiger partial charge is 0.220 e. The van der Waals surface area contributed by atoms with E-state index in [9.17, 15) is 4.79 Å². The van der Waals surface area contributed by atoms with Crippen LogP contribution in [0.2, 0.25) is 0 Å². The van der Waals surface area contributed by atoms with E-state index in [1.165, 1.54) is 31.2 Å². The molecule has 1 aromatic carbocycles. The number of rotatable bonds is 6. The van der Waals surface area contributed by atoms with E-state index in [-0.39, 0.29) is 11.9 Å². The first kappa shape index (κ1) is 14.6. The van der Waals surface area contributed by atoms with Crippen molar-refractivity contribution in [2.45, 2.75) is 44.6 Å². The van der Waals surface area contributed by atoms with Gasteiger partial charge < -0.3 is 10.6 Å². The molecule has 3 rings (SSSR count). The normalized spacial score (nSPS) is 23.5. The maximum atomic E-state index is 12.3. The van der Waals surface area contributed by atoms with Crippen molar-refractivity contribution in [2.24, 2.45) is 11.8 Å². The lowest BCUT2D eigenvalue weighted by atomic mass is 9.94. The minimum atomic E-state index is 0.223. The number of nitrogens with one attached hydrogen (secondary N) is 2. The minimum Gasteiger partial charge on any atom is -0.349 e. The van der Waals surface area contributed by atoms with Crippen molar-refractivity contribution >= 4 is 5.91 Å². The Morgan fingerprint density at radius 3 is 2.71 bits per heavy atom. The fourth-order valence-electron chi connectivity index (χ4n) is 3.31. The molecule has 1 amide bonds. The second-order valence-corrected chi connectivity index (χ2v) is 6.54. The molecular formula is C18H26N2O. The van der Waals surface area contributed by atoms with Crippen LogP contribution in [0.4, 0.5) is 0 Å². The molecule has 0 spiro atoms. The van der Waals surface area contributed by atoms with E-state index in [2.05, 4.69) is 34.9 Å². The molecule has 2 N–H and O–H groups in total. The van der Waals surface area contributed by atoms with Crippen LogP contribution in [0, 0.1) is 11.8 Å². The maximum Gasteiger partial charge on any atom is 0.220 e. The fraction of sp³-hybridized carbons (Fsp3) is 0.611. The Morgan fingerprint density at radius 1 is 1.24 bits per heavy atom. The summed E-state index contributed by atoms with van der Waals surface area (Å²) in [5.74, 6) is 1.55. The molecule has 1 saturated carbocycles. The summed E-state index contributed by atoms with van der Waals surface area (Å²) in [6.45, 7) is 2.22. The first-order valence-electron chi connectivity index (χ1n) is 8.38. The summed E-state index contributed by atoms with van der Waals surface area (Å²) in [5, 5.41) is 6.70. The van der Waals surface area contributed by atoms with Crippen molar-refractivity contribution < 1.29 is 4.79 Å². The Bertz CT molecular complexity index is 450. The van der Waals surface area contributed by atoms with Gasteiger partial charge in [0.2, 0.25) is 5.91 Å². The molecule has 2 aliphatic rings.